The highest BCUT2D eigenvalue weighted by Gasteiger charge is 2.14. The molecule has 0 aliphatic heterocycles. The highest BCUT2D eigenvalue weighted by atomic mass is 79.9. The molecule has 1 heterocycles. The smallest absolute Gasteiger partial charge is 0.257 e. The number of benzene rings is 1. The predicted molar refractivity (Wildman–Crippen MR) is 96.8 cm³/mol. The van der Waals surface area contributed by atoms with E-state index in [9.17, 15) is 4.79 Å². The second-order valence-electron chi connectivity index (χ2n) is 5.88. The first-order valence-electron chi connectivity index (χ1n) is 8.00. The summed E-state index contributed by atoms with van der Waals surface area (Å²) in [6, 6.07) is 11.7. The molecule has 120 valence electrons. The Labute approximate surface area is 144 Å². The van der Waals surface area contributed by atoms with Gasteiger partial charge in [0.15, 0.2) is 0 Å². The second-order valence-corrected chi connectivity index (χ2v) is 6.79. The fourth-order valence-electron chi connectivity index (χ4n) is 2.84. The molecule has 0 spiro atoms. The summed E-state index contributed by atoms with van der Waals surface area (Å²) in [5, 5.41) is 6.33. The highest BCUT2D eigenvalue weighted by Crippen LogP contribution is 2.21. The molecule has 1 aliphatic rings. The van der Waals surface area contributed by atoms with Gasteiger partial charge in [-0.25, -0.2) is 4.98 Å². The molecule has 0 bridgehead atoms. The fraction of sp³-hybridized carbons (Fsp3) is 0.333. The van der Waals surface area contributed by atoms with E-state index < -0.39 is 0 Å². The number of aromatic nitrogens is 1. The Kier molecular flexibility index (Phi) is 5.28. The summed E-state index contributed by atoms with van der Waals surface area (Å²) in [6.45, 7) is 0. The SMILES string of the molecule is O=C(Nc1cccc(Br)c1)c1ccc(NC2CCCCC2)nc1. The van der Waals surface area contributed by atoms with Crippen molar-refractivity contribution in [3.63, 3.8) is 0 Å². The van der Waals surface area contributed by atoms with Gasteiger partial charge in [0.2, 0.25) is 0 Å². The summed E-state index contributed by atoms with van der Waals surface area (Å²) >= 11 is 3.39. The summed E-state index contributed by atoms with van der Waals surface area (Å²) in [4.78, 5) is 16.6. The first-order valence-corrected chi connectivity index (χ1v) is 8.79. The number of hydrogen-bond acceptors (Lipinski definition) is 3. The van der Waals surface area contributed by atoms with E-state index in [1.807, 2.05) is 36.4 Å². The van der Waals surface area contributed by atoms with Gasteiger partial charge in [-0.15, -0.1) is 0 Å². The van der Waals surface area contributed by atoms with E-state index in [4.69, 9.17) is 0 Å². The monoisotopic (exact) mass is 373 g/mol. The molecule has 1 aromatic carbocycles. The van der Waals surface area contributed by atoms with Crippen LogP contribution in [0.5, 0.6) is 0 Å². The Morgan fingerprint density at radius 3 is 2.65 bits per heavy atom. The van der Waals surface area contributed by atoms with Crippen LogP contribution in [0.25, 0.3) is 0 Å². The fourth-order valence-corrected chi connectivity index (χ4v) is 3.24. The molecular formula is C18H20BrN3O. The zero-order valence-electron chi connectivity index (χ0n) is 12.9. The van der Waals surface area contributed by atoms with Crippen LogP contribution in [-0.2, 0) is 0 Å². The summed E-state index contributed by atoms with van der Waals surface area (Å²) in [5.41, 5.74) is 1.31. The van der Waals surface area contributed by atoms with Crippen molar-refractivity contribution >= 4 is 33.3 Å². The molecule has 1 amide bonds. The van der Waals surface area contributed by atoms with Crippen molar-refractivity contribution in [1.29, 1.82) is 0 Å². The van der Waals surface area contributed by atoms with E-state index in [1.165, 1.54) is 32.1 Å². The molecule has 4 nitrogen and oxygen atoms in total. The first kappa shape index (κ1) is 16.0. The molecule has 5 heteroatoms. The van der Waals surface area contributed by atoms with Crippen molar-refractivity contribution in [2.45, 2.75) is 38.1 Å². The minimum atomic E-state index is -0.153. The third kappa shape index (κ3) is 4.55. The lowest BCUT2D eigenvalue weighted by atomic mass is 9.95. The number of nitrogens with one attached hydrogen (secondary N) is 2. The average Bonchev–Trinajstić information content (AvgIpc) is 2.56. The molecule has 1 saturated carbocycles. The molecule has 3 rings (SSSR count). The number of amides is 1. The van der Waals surface area contributed by atoms with Crippen LogP contribution in [-0.4, -0.2) is 16.9 Å². The predicted octanol–water partition coefficient (Wildman–Crippen LogP) is 4.84. The molecule has 0 unspecified atom stereocenters. The number of carbonyl (C=O) groups is 1. The lowest BCUT2D eigenvalue weighted by molar-refractivity contribution is 0.102. The van der Waals surface area contributed by atoms with Crippen LogP contribution < -0.4 is 10.6 Å². The lowest BCUT2D eigenvalue weighted by Gasteiger charge is -2.23. The molecule has 1 fully saturated rings. The van der Waals surface area contributed by atoms with Gasteiger partial charge in [-0.1, -0.05) is 41.3 Å². The van der Waals surface area contributed by atoms with Crippen molar-refractivity contribution in [2.75, 3.05) is 10.6 Å². The molecule has 2 aromatic rings. The van der Waals surface area contributed by atoms with Crippen LogP contribution in [0.1, 0.15) is 42.5 Å². The Hall–Kier alpha value is -1.88. The third-order valence-electron chi connectivity index (χ3n) is 4.07. The topological polar surface area (TPSA) is 54.0 Å². The van der Waals surface area contributed by atoms with Crippen molar-refractivity contribution in [2.24, 2.45) is 0 Å². The van der Waals surface area contributed by atoms with Gasteiger partial charge in [0.1, 0.15) is 5.82 Å². The van der Waals surface area contributed by atoms with E-state index in [0.717, 1.165) is 16.0 Å². The largest absolute Gasteiger partial charge is 0.367 e. The first-order chi connectivity index (χ1) is 11.2. The Balaban J connectivity index is 1.60. The number of anilines is 2. The molecule has 23 heavy (non-hydrogen) atoms. The van der Waals surface area contributed by atoms with Gasteiger partial charge in [0, 0.05) is 22.4 Å². The van der Waals surface area contributed by atoms with Crippen LogP contribution in [0.2, 0.25) is 0 Å². The molecule has 0 atom stereocenters. The molecule has 1 aromatic heterocycles. The summed E-state index contributed by atoms with van der Waals surface area (Å²) < 4.78 is 0.931. The number of carbonyl (C=O) groups excluding carboxylic acids is 1. The van der Waals surface area contributed by atoms with E-state index >= 15 is 0 Å². The highest BCUT2D eigenvalue weighted by molar-refractivity contribution is 9.10. The Bertz CT molecular complexity index is 666. The number of pyridine rings is 1. The summed E-state index contributed by atoms with van der Waals surface area (Å²) in [7, 11) is 0. The van der Waals surface area contributed by atoms with Gasteiger partial charge in [-0.05, 0) is 43.2 Å². The molecular weight excluding hydrogens is 354 g/mol. The van der Waals surface area contributed by atoms with Gasteiger partial charge in [0.05, 0.1) is 5.56 Å². The molecule has 0 radical (unpaired) electrons. The number of rotatable bonds is 4. The van der Waals surface area contributed by atoms with E-state index in [1.54, 1.807) is 6.20 Å². The standard InChI is InChI=1S/C18H20BrN3O/c19-14-5-4-8-16(11-14)22-18(23)13-9-10-17(20-12-13)21-15-6-2-1-3-7-15/h4-5,8-12,15H,1-3,6-7H2,(H,20,21)(H,22,23). The van der Waals surface area contributed by atoms with Crippen molar-refractivity contribution in [3.8, 4) is 0 Å². The van der Waals surface area contributed by atoms with Crippen LogP contribution >= 0.6 is 15.9 Å². The zero-order valence-corrected chi connectivity index (χ0v) is 14.5. The van der Waals surface area contributed by atoms with Crippen molar-refractivity contribution in [3.05, 3.63) is 52.6 Å². The number of hydrogen-bond donors (Lipinski definition) is 2. The molecule has 0 saturated heterocycles. The third-order valence-corrected chi connectivity index (χ3v) is 4.56. The second kappa shape index (κ2) is 7.59. The van der Waals surface area contributed by atoms with Crippen LogP contribution in [0.3, 0.4) is 0 Å². The normalized spacial score (nSPS) is 15.2. The van der Waals surface area contributed by atoms with Gasteiger partial charge >= 0.3 is 0 Å². The van der Waals surface area contributed by atoms with Gasteiger partial charge in [-0.2, -0.15) is 0 Å². The molecule has 2 N–H and O–H groups in total. The van der Waals surface area contributed by atoms with E-state index in [0.29, 0.717) is 11.6 Å². The van der Waals surface area contributed by atoms with E-state index in [2.05, 4.69) is 31.5 Å². The van der Waals surface area contributed by atoms with Gasteiger partial charge in [-0.3, -0.25) is 4.79 Å². The van der Waals surface area contributed by atoms with Crippen LogP contribution in [0.15, 0.2) is 47.1 Å². The Morgan fingerprint density at radius 2 is 1.96 bits per heavy atom. The van der Waals surface area contributed by atoms with Crippen molar-refractivity contribution in [1.82, 2.24) is 4.98 Å². The quantitative estimate of drug-likeness (QED) is 0.805. The zero-order chi connectivity index (χ0) is 16.1. The van der Waals surface area contributed by atoms with E-state index in [-0.39, 0.29) is 5.91 Å². The molecule has 1 aliphatic carbocycles. The lowest BCUT2D eigenvalue weighted by Crippen LogP contribution is -2.22. The maximum atomic E-state index is 12.2. The van der Waals surface area contributed by atoms with Crippen molar-refractivity contribution < 1.29 is 4.79 Å². The Morgan fingerprint density at radius 1 is 1.13 bits per heavy atom. The van der Waals surface area contributed by atoms with Crippen LogP contribution in [0.4, 0.5) is 11.5 Å². The maximum Gasteiger partial charge on any atom is 0.257 e. The average molecular weight is 374 g/mol. The minimum Gasteiger partial charge on any atom is -0.367 e. The number of nitrogens with zero attached hydrogens (tertiary/aromatic N) is 1. The summed E-state index contributed by atoms with van der Waals surface area (Å²) in [6.07, 6.45) is 7.92. The van der Waals surface area contributed by atoms with Gasteiger partial charge in [0.25, 0.3) is 5.91 Å². The summed E-state index contributed by atoms with van der Waals surface area (Å²) in [5.74, 6) is 0.690. The maximum absolute atomic E-state index is 12.2. The van der Waals surface area contributed by atoms with Crippen LogP contribution in [0, 0.1) is 0 Å². The number of halogens is 1. The van der Waals surface area contributed by atoms with Gasteiger partial charge < -0.3 is 10.6 Å². The minimum absolute atomic E-state index is 0.153.